The molecular formula is C24H25N3O. The van der Waals surface area contributed by atoms with Gasteiger partial charge in [0.15, 0.2) is 0 Å². The molecule has 0 aromatic heterocycles. The van der Waals surface area contributed by atoms with Crippen LogP contribution in [0, 0.1) is 6.92 Å². The van der Waals surface area contributed by atoms with Crippen LogP contribution >= 0.6 is 0 Å². The molecular weight excluding hydrogens is 346 g/mol. The third-order valence-electron chi connectivity index (χ3n) is 4.48. The Morgan fingerprint density at radius 1 is 0.857 bits per heavy atom. The summed E-state index contributed by atoms with van der Waals surface area (Å²) in [5, 5.41) is 7.42. The van der Waals surface area contributed by atoms with Gasteiger partial charge in [-0.15, -0.1) is 0 Å². The SMILES string of the molecule is CCC(=NNC(=O)CNc1ccc(C)cc1)c1ccc(-c2ccccc2)cc1. The van der Waals surface area contributed by atoms with Crippen LogP contribution in [-0.4, -0.2) is 18.2 Å². The van der Waals surface area contributed by atoms with Crippen LogP contribution in [0.2, 0.25) is 0 Å². The first-order valence-corrected chi connectivity index (χ1v) is 9.47. The Morgan fingerprint density at radius 3 is 2.14 bits per heavy atom. The second-order valence-corrected chi connectivity index (χ2v) is 6.61. The fraction of sp³-hybridized carbons (Fsp3) is 0.167. The minimum absolute atomic E-state index is 0.174. The molecule has 4 nitrogen and oxygen atoms in total. The molecule has 0 spiro atoms. The van der Waals surface area contributed by atoms with Gasteiger partial charge in [-0.2, -0.15) is 5.10 Å². The van der Waals surface area contributed by atoms with Crippen LogP contribution in [0.15, 0.2) is 84.0 Å². The maximum atomic E-state index is 12.1. The molecule has 2 N–H and O–H groups in total. The zero-order valence-electron chi connectivity index (χ0n) is 16.3. The van der Waals surface area contributed by atoms with E-state index in [9.17, 15) is 4.79 Å². The average molecular weight is 371 g/mol. The summed E-state index contributed by atoms with van der Waals surface area (Å²) in [4.78, 5) is 12.1. The maximum Gasteiger partial charge on any atom is 0.259 e. The van der Waals surface area contributed by atoms with Crippen molar-refractivity contribution < 1.29 is 4.79 Å². The van der Waals surface area contributed by atoms with E-state index in [4.69, 9.17) is 0 Å². The number of anilines is 1. The number of nitrogens with zero attached hydrogens (tertiary/aromatic N) is 1. The molecule has 4 heteroatoms. The molecule has 28 heavy (non-hydrogen) atoms. The smallest absolute Gasteiger partial charge is 0.259 e. The summed E-state index contributed by atoms with van der Waals surface area (Å²) in [5.41, 5.74) is 8.94. The minimum atomic E-state index is -0.174. The molecule has 0 aliphatic rings. The Bertz CT molecular complexity index is 930. The summed E-state index contributed by atoms with van der Waals surface area (Å²) in [7, 11) is 0. The number of carbonyl (C=O) groups is 1. The molecule has 0 radical (unpaired) electrons. The summed E-state index contributed by atoms with van der Waals surface area (Å²) in [6, 6.07) is 26.4. The van der Waals surface area contributed by atoms with Gasteiger partial charge in [-0.3, -0.25) is 4.79 Å². The highest BCUT2D eigenvalue weighted by Gasteiger charge is 2.05. The molecule has 0 saturated carbocycles. The molecule has 0 unspecified atom stereocenters. The summed E-state index contributed by atoms with van der Waals surface area (Å²) in [6.07, 6.45) is 0.732. The summed E-state index contributed by atoms with van der Waals surface area (Å²) in [6.45, 7) is 4.24. The number of hydrogen-bond acceptors (Lipinski definition) is 3. The highest BCUT2D eigenvalue weighted by atomic mass is 16.2. The van der Waals surface area contributed by atoms with E-state index in [2.05, 4.69) is 40.1 Å². The molecule has 3 aromatic rings. The van der Waals surface area contributed by atoms with E-state index < -0.39 is 0 Å². The van der Waals surface area contributed by atoms with E-state index in [-0.39, 0.29) is 12.5 Å². The van der Waals surface area contributed by atoms with Crippen molar-refractivity contribution in [2.45, 2.75) is 20.3 Å². The van der Waals surface area contributed by atoms with Gasteiger partial charge in [0.1, 0.15) is 0 Å². The first kappa shape index (κ1) is 19.4. The first-order chi connectivity index (χ1) is 13.7. The van der Waals surface area contributed by atoms with Crippen molar-refractivity contribution in [3.8, 4) is 11.1 Å². The Kier molecular flexibility index (Phi) is 6.58. The minimum Gasteiger partial charge on any atom is -0.376 e. The molecule has 0 bridgehead atoms. The van der Waals surface area contributed by atoms with E-state index in [1.165, 1.54) is 11.1 Å². The molecule has 0 atom stereocenters. The Balaban J connectivity index is 1.60. The fourth-order valence-electron chi connectivity index (χ4n) is 2.86. The molecule has 3 aromatic carbocycles. The molecule has 0 aliphatic carbocycles. The Labute approximate surface area is 166 Å². The fourth-order valence-corrected chi connectivity index (χ4v) is 2.86. The number of aryl methyl sites for hydroxylation is 1. The third kappa shape index (κ3) is 5.30. The quantitative estimate of drug-likeness (QED) is 0.453. The van der Waals surface area contributed by atoms with Crippen LogP contribution in [-0.2, 0) is 4.79 Å². The molecule has 142 valence electrons. The van der Waals surface area contributed by atoms with Gasteiger partial charge in [-0.25, -0.2) is 5.43 Å². The normalized spacial score (nSPS) is 11.1. The lowest BCUT2D eigenvalue weighted by atomic mass is 10.0. The third-order valence-corrected chi connectivity index (χ3v) is 4.48. The molecule has 0 aliphatic heterocycles. The standard InChI is InChI=1S/C24H25N3O/c1-3-23(21-13-11-20(12-14-21)19-7-5-4-6-8-19)26-27-24(28)17-25-22-15-9-18(2)10-16-22/h4-16,25H,3,17H2,1-2H3,(H,27,28). The van der Waals surface area contributed by atoms with Gasteiger partial charge in [-0.1, -0.05) is 79.2 Å². The van der Waals surface area contributed by atoms with E-state index in [0.717, 1.165) is 28.9 Å². The zero-order valence-corrected chi connectivity index (χ0v) is 16.3. The van der Waals surface area contributed by atoms with Crippen molar-refractivity contribution in [3.05, 3.63) is 90.0 Å². The van der Waals surface area contributed by atoms with Crippen LogP contribution in [0.5, 0.6) is 0 Å². The first-order valence-electron chi connectivity index (χ1n) is 9.47. The zero-order chi connectivity index (χ0) is 19.8. The van der Waals surface area contributed by atoms with Gasteiger partial charge in [-0.05, 0) is 42.2 Å². The average Bonchev–Trinajstić information content (AvgIpc) is 2.75. The summed E-state index contributed by atoms with van der Waals surface area (Å²) < 4.78 is 0. The van der Waals surface area contributed by atoms with Crippen molar-refractivity contribution in [3.63, 3.8) is 0 Å². The van der Waals surface area contributed by atoms with E-state index in [1.54, 1.807) is 0 Å². The van der Waals surface area contributed by atoms with Crippen LogP contribution in [0.3, 0.4) is 0 Å². The van der Waals surface area contributed by atoms with Gasteiger partial charge < -0.3 is 5.32 Å². The van der Waals surface area contributed by atoms with E-state index in [1.807, 2.05) is 68.4 Å². The Morgan fingerprint density at radius 2 is 1.50 bits per heavy atom. The summed E-state index contributed by atoms with van der Waals surface area (Å²) >= 11 is 0. The highest BCUT2D eigenvalue weighted by Crippen LogP contribution is 2.19. The van der Waals surface area contributed by atoms with Crippen LogP contribution in [0.1, 0.15) is 24.5 Å². The second-order valence-electron chi connectivity index (χ2n) is 6.61. The van der Waals surface area contributed by atoms with Gasteiger partial charge >= 0.3 is 0 Å². The van der Waals surface area contributed by atoms with Gasteiger partial charge in [0.2, 0.25) is 0 Å². The van der Waals surface area contributed by atoms with Crippen molar-refractivity contribution in [2.75, 3.05) is 11.9 Å². The van der Waals surface area contributed by atoms with E-state index >= 15 is 0 Å². The number of hydrazone groups is 1. The van der Waals surface area contributed by atoms with Crippen LogP contribution in [0.25, 0.3) is 11.1 Å². The van der Waals surface area contributed by atoms with Crippen LogP contribution < -0.4 is 10.7 Å². The van der Waals surface area contributed by atoms with Crippen molar-refractivity contribution in [1.82, 2.24) is 5.43 Å². The lowest BCUT2D eigenvalue weighted by Gasteiger charge is -2.08. The van der Waals surface area contributed by atoms with Gasteiger partial charge in [0.25, 0.3) is 5.91 Å². The monoisotopic (exact) mass is 371 g/mol. The lowest BCUT2D eigenvalue weighted by Crippen LogP contribution is -2.27. The predicted octanol–water partition coefficient (Wildman–Crippen LogP) is 5.00. The number of hydrogen-bond donors (Lipinski definition) is 2. The van der Waals surface area contributed by atoms with Gasteiger partial charge in [0.05, 0.1) is 12.3 Å². The van der Waals surface area contributed by atoms with Gasteiger partial charge in [0, 0.05) is 5.69 Å². The molecule has 0 fully saturated rings. The highest BCUT2D eigenvalue weighted by molar-refractivity contribution is 6.01. The molecule has 3 rings (SSSR count). The van der Waals surface area contributed by atoms with Crippen molar-refractivity contribution in [1.29, 1.82) is 0 Å². The van der Waals surface area contributed by atoms with Crippen molar-refractivity contribution >= 4 is 17.3 Å². The topological polar surface area (TPSA) is 53.5 Å². The number of benzene rings is 3. The summed E-state index contributed by atoms with van der Waals surface area (Å²) in [5.74, 6) is -0.174. The molecule has 0 saturated heterocycles. The number of amides is 1. The Hall–Kier alpha value is -3.40. The maximum absolute atomic E-state index is 12.1. The van der Waals surface area contributed by atoms with Crippen molar-refractivity contribution in [2.24, 2.45) is 5.10 Å². The predicted molar refractivity (Wildman–Crippen MR) is 117 cm³/mol. The lowest BCUT2D eigenvalue weighted by molar-refractivity contribution is -0.119. The second kappa shape index (κ2) is 9.51. The number of rotatable bonds is 7. The number of carbonyl (C=O) groups excluding carboxylic acids is 1. The molecule has 1 amide bonds. The number of nitrogens with one attached hydrogen (secondary N) is 2. The molecule has 0 heterocycles. The van der Waals surface area contributed by atoms with Crippen LogP contribution in [0.4, 0.5) is 5.69 Å². The van der Waals surface area contributed by atoms with E-state index in [0.29, 0.717) is 0 Å². The largest absolute Gasteiger partial charge is 0.376 e.